The molecule has 0 saturated carbocycles. The number of rotatable bonds is 7. The van der Waals surface area contributed by atoms with Crippen LogP contribution in [0.4, 0.5) is 0 Å². The van der Waals surface area contributed by atoms with Crippen LogP contribution in [0.2, 0.25) is 10.0 Å². The van der Waals surface area contributed by atoms with Crippen molar-refractivity contribution in [2.75, 3.05) is 33.9 Å². The molecule has 0 aliphatic rings. The van der Waals surface area contributed by atoms with Crippen LogP contribution in [-0.2, 0) is 20.8 Å². The lowest BCUT2D eigenvalue weighted by Crippen LogP contribution is -2.33. The van der Waals surface area contributed by atoms with E-state index in [1.54, 1.807) is 23.8 Å². The second-order valence-corrected chi connectivity index (χ2v) is 5.59. The topological polar surface area (TPSA) is 56.1 Å². The molecule has 6 nitrogen and oxygen atoms in total. The van der Waals surface area contributed by atoms with Crippen LogP contribution < -0.4 is 0 Å². The number of ether oxygens (including phenoxy) is 2. The SMILES string of the molecule is COCCN(CC(=O)OC)Cc1cn2cc(Cl)cc(Cl)c2n1. The predicted molar refractivity (Wildman–Crippen MR) is 84.4 cm³/mol. The van der Waals surface area contributed by atoms with Crippen molar-refractivity contribution in [3.63, 3.8) is 0 Å². The van der Waals surface area contributed by atoms with Gasteiger partial charge in [0, 0.05) is 32.6 Å². The van der Waals surface area contributed by atoms with E-state index in [1.807, 2.05) is 11.1 Å². The van der Waals surface area contributed by atoms with Gasteiger partial charge in [-0.2, -0.15) is 0 Å². The van der Waals surface area contributed by atoms with Crippen LogP contribution in [0.1, 0.15) is 5.69 Å². The second kappa shape index (κ2) is 7.78. The summed E-state index contributed by atoms with van der Waals surface area (Å²) in [6, 6.07) is 1.65. The maximum absolute atomic E-state index is 11.5. The van der Waals surface area contributed by atoms with Crippen molar-refractivity contribution in [1.29, 1.82) is 0 Å². The first-order valence-electron chi connectivity index (χ1n) is 6.64. The lowest BCUT2D eigenvalue weighted by Gasteiger charge is -2.19. The largest absolute Gasteiger partial charge is 0.468 e. The number of carbonyl (C=O) groups excluding carboxylic acids is 1. The minimum Gasteiger partial charge on any atom is -0.468 e. The zero-order valence-electron chi connectivity index (χ0n) is 12.4. The van der Waals surface area contributed by atoms with E-state index in [9.17, 15) is 4.79 Å². The van der Waals surface area contributed by atoms with E-state index in [2.05, 4.69) is 4.98 Å². The number of halogens is 2. The lowest BCUT2D eigenvalue weighted by atomic mass is 10.4. The monoisotopic (exact) mass is 345 g/mol. The Morgan fingerprint density at radius 2 is 2.14 bits per heavy atom. The van der Waals surface area contributed by atoms with E-state index in [1.165, 1.54) is 7.11 Å². The van der Waals surface area contributed by atoms with Crippen LogP contribution in [-0.4, -0.2) is 54.2 Å². The third kappa shape index (κ3) is 4.33. The molecule has 0 unspecified atom stereocenters. The molecule has 0 atom stereocenters. The summed E-state index contributed by atoms with van der Waals surface area (Å²) in [5.74, 6) is -0.305. The van der Waals surface area contributed by atoms with Crippen molar-refractivity contribution in [1.82, 2.24) is 14.3 Å². The van der Waals surface area contributed by atoms with Gasteiger partial charge in [-0.25, -0.2) is 4.98 Å². The molecule has 0 fully saturated rings. The van der Waals surface area contributed by atoms with E-state index in [4.69, 9.17) is 32.7 Å². The summed E-state index contributed by atoms with van der Waals surface area (Å²) >= 11 is 12.1. The number of methoxy groups -OCH3 is 2. The van der Waals surface area contributed by atoms with Crippen molar-refractivity contribution in [3.05, 3.63) is 34.2 Å². The first-order valence-corrected chi connectivity index (χ1v) is 7.40. The lowest BCUT2D eigenvalue weighted by molar-refractivity contribution is -0.142. The maximum Gasteiger partial charge on any atom is 0.319 e. The van der Waals surface area contributed by atoms with Gasteiger partial charge in [-0.05, 0) is 6.07 Å². The number of imidazole rings is 1. The highest BCUT2D eigenvalue weighted by atomic mass is 35.5. The van der Waals surface area contributed by atoms with Gasteiger partial charge in [0.25, 0.3) is 0 Å². The fourth-order valence-electron chi connectivity index (χ4n) is 2.06. The Morgan fingerprint density at radius 3 is 2.82 bits per heavy atom. The number of aromatic nitrogens is 2. The number of hydrogen-bond acceptors (Lipinski definition) is 5. The summed E-state index contributed by atoms with van der Waals surface area (Å²) in [6.07, 6.45) is 3.57. The molecule has 0 aliphatic carbocycles. The fraction of sp³-hybridized carbons (Fsp3) is 0.429. The van der Waals surface area contributed by atoms with Gasteiger partial charge >= 0.3 is 5.97 Å². The molecular weight excluding hydrogens is 329 g/mol. The molecule has 0 saturated heterocycles. The van der Waals surface area contributed by atoms with Gasteiger partial charge in [0.05, 0.1) is 36.0 Å². The third-order valence-corrected chi connectivity index (χ3v) is 3.59. The molecule has 0 spiro atoms. The van der Waals surface area contributed by atoms with Gasteiger partial charge < -0.3 is 13.9 Å². The van der Waals surface area contributed by atoms with E-state index in [0.29, 0.717) is 35.4 Å². The van der Waals surface area contributed by atoms with Gasteiger partial charge in [0.15, 0.2) is 5.65 Å². The summed E-state index contributed by atoms with van der Waals surface area (Å²) < 4.78 is 11.5. The Hall–Kier alpha value is -1.34. The van der Waals surface area contributed by atoms with Crippen molar-refractivity contribution < 1.29 is 14.3 Å². The van der Waals surface area contributed by atoms with Crippen LogP contribution in [0.3, 0.4) is 0 Å². The first-order chi connectivity index (χ1) is 10.5. The summed E-state index contributed by atoms with van der Waals surface area (Å²) in [7, 11) is 2.98. The highest BCUT2D eigenvalue weighted by Crippen LogP contribution is 2.22. The fourth-order valence-corrected chi connectivity index (χ4v) is 2.59. The Kier molecular flexibility index (Phi) is 6.02. The smallest absolute Gasteiger partial charge is 0.319 e. The normalized spacial score (nSPS) is 11.3. The van der Waals surface area contributed by atoms with Gasteiger partial charge in [-0.15, -0.1) is 0 Å². The second-order valence-electron chi connectivity index (χ2n) is 4.75. The number of carbonyl (C=O) groups is 1. The molecule has 2 rings (SSSR count). The van der Waals surface area contributed by atoms with Crippen molar-refractivity contribution in [3.8, 4) is 0 Å². The van der Waals surface area contributed by atoms with E-state index in [-0.39, 0.29) is 12.5 Å². The van der Waals surface area contributed by atoms with Gasteiger partial charge in [-0.3, -0.25) is 9.69 Å². The third-order valence-electron chi connectivity index (χ3n) is 3.10. The first kappa shape index (κ1) is 17.0. The molecule has 0 N–H and O–H groups in total. The highest BCUT2D eigenvalue weighted by Gasteiger charge is 2.14. The van der Waals surface area contributed by atoms with E-state index < -0.39 is 0 Å². The average Bonchev–Trinajstić information content (AvgIpc) is 2.87. The maximum atomic E-state index is 11.5. The molecule has 0 aliphatic heterocycles. The van der Waals surface area contributed by atoms with Crippen molar-refractivity contribution in [2.24, 2.45) is 0 Å². The van der Waals surface area contributed by atoms with Gasteiger partial charge in [0.1, 0.15) is 0 Å². The summed E-state index contributed by atoms with van der Waals surface area (Å²) in [6.45, 7) is 1.75. The molecule has 120 valence electrons. The number of hydrogen-bond donors (Lipinski definition) is 0. The number of pyridine rings is 1. The molecule has 0 aromatic carbocycles. The van der Waals surface area contributed by atoms with Crippen LogP contribution >= 0.6 is 23.2 Å². The van der Waals surface area contributed by atoms with E-state index >= 15 is 0 Å². The Morgan fingerprint density at radius 1 is 1.36 bits per heavy atom. The predicted octanol–water partition coefficient (Wildman–Crippen LogP) is 2.26. The molecule has 0 amide bonds. The van der Waals surface area contributed by atoms with Crippen LogP contribution in [0.15, 0.2) is 18.5 Å². The number of fused-ring (bicyclic) bond motifs is 1. The van der Waals surface area contributed by atoms with Crippen molar-refractivity contribution >= 4 is 34.8 Å². The Labute approximate surface area is 138 Å². The minimum absolute atomic E-state index is 0.169. The number of nitrogens with zero attached hydrogens (tertiary/aromatic N) is 3. The molecule has 2 aromatic rings. The molecular formula is C14H17Cl2N3O3. The molecule has 2 aromatic heterocycles. The zero-order valence-corrected chi connectivity index (χ0v) is 13.9. The van der Waals surface area contributed by atoms with Gasteiger partial charge in [-0.1, -0.05) is 23.2 Å². The molecule has 8 heteroatoms. The van der Waals surface area contributed by atoms with Gasteiger partial charge in [0.2, 0.25) is 0 Å². The average molecular weight is 346 g/mol. The highest BCUT2D eigenvalue weighted by molar-refractivity contribution is 6.36. The Bertz CT molecular complexity index is 660. The van der Waals surface area contributed by atoms with Crippen LogP contribution in [0, 0.1) is 0 Å². The molecule has 22 heavy (non-hydrogen) atoms. The minimum atomic E-state index is -0.305. The molecule has 0 radical (unpaired) electrons. The summed E-state index contributed by atoms with van der Waals surface area (Å²) in [4.78, 5) is 17.8. The standard InChI is InChI=1S/C14H17Cl2N3O3/c1-21-4-3-18(9-13(20)22-2)7-11-8-19-6-10(15)5-12(16)14(19)17-11/h5-6,8H,3-4,7,9H2,1-2H3. The Balaban J connectivity index is 2.17. The quantitative estimate of drug-likeness (QED) is 0.720. The van der Waals surface area contributed by atoms with Crippen LogP contribution in [0.25, 0.3) is 5.65 Å². The van der Waals surface area contributed by atoms with Crippen LogP contribution in [0.5, 0.6) is 0 Å². The zero-order chi connectivity index (χ0) is 16.1. The summed E-state index contributed by atoms with van der Waals surface area (Å²) in [5, 5.41) is 1.02. The number of esters is 1. The molecule has 0 bridgehead atoms. The summed E-state index contributed by atoms with van der Waals surface area (Å²) in [5.41, 5.74) is 1.41. The van der Waals surface area contributed by atoms with E-state index in [0.717, 1.165) is 5.69 Å². The molecule has 2 heterocycles. The van der Waals surface area contributed by atoms with Crippen molar-refractivity contribution in [2.45, 2.75) is 6.54 Å².